The molecule has 0 nitrogen and oxygen atoms in total. The predicted octanol–water partition coefficient (Wildman–Crippen LogP) is 7.54. The first kappa shape index (κ1) is 18.1. The molecule has 0 radical (unpaired) electrons. The summed E-state index contributed by atoms with van der Waals surface area (Å²) in [4.78, 5) is 0. The van der Waals surface area contributed by atoms with Gasteiger partial charge in [-0.3, -0.25) is 0 Å². The van der Waals surface area contributed by atoms with Crippen LogP contribution in [0.15, 0.2) is 0 Å². The van der Waals surface area contributed by atoms with Gasteiger partial charge in [0.25, 0.3) is 0 Å². The van der Waals surface area contributed by atoms with Crippen molar-refractivity contribution in [2.24, 2.45) is 17.8 Å². The van der Waals surface area contributed by atoms with E-state index in [0.29, 0.717) is 0 Å². The van der Waals surface area contributed by atoms with Gasteiger partial charge in [0.1, 0.15) is 0 Å². The number of alkyl halides is 1. The van der Waals surface area contributed by atoms with Gasteiger partial charge in [-0.1, -0.05) is 107 Å². The van der Waals surface area contributed by atoms with E-state index in [0.717, 1.165) is 21.7 Å². The van der Waals surface area contributed by atoms with Crippen molar-refractivity contribution in [1.29, 1.82) is 0 Å². The van der Waals surface area contributed by atoms with E-state index in [2.05, 4.69) is 29.5 Å². The molecular formula is C20H37I. The highest BCUT2D eigenvalue weighted by molar-refractivity contribution is 14.1. The Morgan fingerprint density at radius 1 is 0.667 bits per heavy atom. The molecule has 0 spiro atoms. The lowest BCUT2D eigenvalue weighted by Gasteiger charge is -2.24. The van der Waals surface area contributed by atoms with Gasteiger partial charge in [0, 0.05) is 3.92 Å². The molecular weight excluding hydrogens is 367 g/mol. The van der Waals surface area contributed by atoms with E-state index >= 15 is 0 Å². The molecule has 0 saturated heterocycles. The minimum absolute atomic E-state index is 0.949. The molecule has 0 aliphatic heterocycles. The van der Waals surface area contributed by atoms with Crippen LogP contribution in [0.25, 0.3) is 0 Å². The summed E-state index contributed by atoms with van der Waals surface area (Å²) in [5.41, 5.74) is 0. The van der Waals surface area contributed by atoms with Crippen molar-refractivity contribution >= 4 is 22.6 Å². The zero-order valence-electron chi connectivity index (χ0n) is 14.3. The second-order valence-corrected chi connectivity index (χ2v) is 9.39. The average Bonchev–Trinajstić information content (AvgIpc) is 2.92. The van der Waals surface area contributed by atoms with Gasteiger partial charge < -0.3 is 0 Å². The van der Waals surface area contributed by atoms with Crippen LogP contribution in [0, 0.1) is 17.8 Å². The summed E-state index contributed by atoms with van der Waals surface area (Å²) in [6, 6.07) is 0. The van der Waals surface area contributed by atoms with E-state index in [-0.39, 0.29) is 0 Å². The summed E-state index contributed by atoms with van der Waals surface area (Å²) in [6.07, 6.45) is 22.6. The molecule has 0 heterocycles. The molecule has 21 heavy (non-hydrogen) atoms. The molecule has 0 aromatic rings. The Labute approximate surface area is 147 Å². The van der Waals surface area contributed by atoms with Gasteiger partial charge in [-0.2, -0.15) is 0 Å². The molecule has 0 aromatic carbocycles. The fourth-order valence-corrected chi connectivity index (χ4v) is 6.06. The standard InChI is InChI=1S/C20H37I/c1-2-10-19-13-7-3-5-11-17-14-9-15-18(17)12-6-4-8-16-20(19)21/h17-20H,2-16H2,1H3/t17?,18?,19?,20-/m0/s1. The average molecular weight is 404 g/mol. The fraction of sp³-hybridized carbons (Fsp3) is 1.00. The Bertz CT molecular complexity index is 263. The third-order valence-corrected chi connectivity index (χ3v) is 7.83. The highest BCUT2D eigenvalue weighted by atomic mass is 127. The molecule has 2 aliphatic carbocycles. The van der Waals surface area contributed by atoms with E-state index in [1.807, 2.05) is 0 Å². The van der Waals surface area contributed by atoms with Crippen LogP contribution < -0.4 is 0 Å². The van der Waals surface area contributed by atoms with Crippen LogP contribution in [0.4, 0.5) is 0 Å². The second-order valence-electron chi connectivity index (χ2n) is 7.79. The number of halogens is 1. The fourth-order valence-electron chi connectivity index (χ4n) is 4.90. The minimum Gasteiger partial charge on any atom is -0.0823 e. The Hall–Kier alpha value is 0.730. The van der Waals surface area contributed by atoms with Gasteiger partial charge in [0.15, 0.2) is 0 Å². The largest absolute Gasteiger partial charge is 0.0823 e. The molecule has 0 amide bonds. The molecule has 3 unspecified atom stereocenters. The summed E-state index contributed by atoms with van der Waals surface area (Å²) >= 11 is 2.78. The van der Waals surface area contributed by atoms with Crippen LogP contribution >= 0.6 is 22.6 Å². The Balaban J connectivity index is 1.81. The maximum atomic E-state index is 2.78. The molecule has 2 saturated carbocycles. The Morgan fingerprint density at radius 2 is 1.19 bits per heavy atom. The van der Waals surface area contributed by atoms with Crippen molar-refractivity contribution in [3.8, 4) is 0 Å². The molecule has 4 atom stereocenters. The summed E-state index contributed by atoms with van der Waals surface area (Å²) in [5, 5.41) is 0. The molecule has 124 valence electrons. The lowest BCUT2D eigenvalue weighted by Crippen LogP contribution is -2.15. The Kier molecular flexibility index (Phi) is 9.03. The van der Waals surface area contributed by atoms with E-state index in [1.54, 1.807) is 25.7 Å². The first-order valence-electron chi connectivity index (χ1n) is 9.95. The van der Waals surface area contributed by atoms with Crippen molar-refractivity contribution in [2.75, 3.05) is 0 Å². The van der Waals surface area contributed by atoms with Crippen molar-refractivity contribution in [3.63, 3.8) is 0 Å². The quantitative estimate of drug-likeness (QED) is 0.329. The normalized spacial score (nSPS) is 36.9. The molecule has 0 N–H and O–H groups in total. The van der Waals surface area contributed by atoms with Crippen LogP contribution in [0.2, 0.25) is 0 Å². The topological polar surface area (TPSA) is 0 Å². The molecule has 2 rings (SSSR count). The minimum atomic E-state index is 0.949. The maximum absolute atomic E-state index is 2.78. The predicted molar refractivity (Wildman–Crippen MR) is 103 cm³/mol. The van der Waals surface area contributed by atoms with Crippen LogP contribution in [0.1, 0.15) is 103 Å². The number of hydrogen-bond donors (Lipinski definition) is 0. The van der Waals surface area contributed by atoms with Gasteiger partial charge in [-0.25, -0.2) is 0 Å². The van der Waals surface area contributed by atoms with Gasteiger partial charge in [0.05, 0.1) is 0 Å². The molecule has 2 fully saturated rings. The number of hydrogen-bond acceptors (Lipinski definition) is 0. The summed E-state index contributed by atoms with van der Waals surface area (Å²) < 4.78 is 0.949. The van der Waals surface area contributed by atoms with Crippen LogP contribution in [-0.2, 0) is 0 Å². The first-order valence-corrected chi connectivity index (χ1v) is 11.2. The number of fused-ring (bicyclic) bond motifs is 1. The zero-order valence-corrected chi connectivity index (χ0v) is 16.5. The summed E-state index contributed by atoms with van der Waals surface area (Å²) in [7, 11) is 0. The SMILES string of the molecule is CCCC1CCCCCC2CCCC2CCCCC[C@@H]1I. The monoisotopic (exact) mass is 404 g/mol. The lowest BCUT2D eigenvalue weighted by atomic mass is 9.85. The zero-order chi connectivity index (χ0) is 14.9. The third kappa shape index (κ3) is 6.39. The molecule has 2 aliphatic rings. The van der Waals surface area contributed by atoms with Gasteiger partial charge in [0.2, 0.25) is 0 Å². The number of rotatable bonds is 2. The van der Waals surface area contributed by atoms with Crippen LogP contribution in [0.5, 0.6) is 0 Å². The highest BCUT2D eigenvalue weighted by Gasteiger charge is 2.26. The maximum Gasteiger partial charge on any atom is 0.0138 e. The van der Waals surface area contributed by atoms with Gasteiger partial charge >= 0.3 is 0 Å². The van der Waals surface area contributed by atoms with E-state index in [4.69, 9.17) is 0 Å². The second kappa shape index (κ2) is 10.5. The van der Waals surface area contributed by atoms with E-state index < -0.39 is 0 Å². The highest BCUT2D eigenvalue weighted by Crippen LogP contribution is 2.39. The Morgan fingerprint density at radius 3 is 1.81 bits per heavy atom. The van der Waals surface area contributed by atoms with E-state index in [1.165, 1.54) is 70.6 Å². The van der Waals surface area contributed by atoms with Gasteiger partial charge in [-0.05, 0) is 37.0 Å². The first-order chi connectivity index (χ1) is 10.3. The lowest BCUT2D eigenvalue weighted by molar-refractivity contribution is 0.313. The smallest absolute Gasteiger partial charge is 0.0138 e. The summed E-state index contributed by atoms with van der Waals surface area (Å²) in [6.45, 7) is 2.37. The van der Waals surface area contributed by atoms with Crippen LogP contribution in [-0.4, -0.2) is 3.92 Å². The van der Waals surface area contributed by atoms with Crippen molar-refractivity contribution in [2.45, 2.75) is 107 Å². The van der Waals surface area contributed by atoms with Crippen molar-refractivity contribution < 1.29 is 0 Å². The third-order valence-electron chi connectivity index (χ3n) is 6.19. The van der Waals surface area contributed by atoms with Gasteiger partial charge in [-0.15, -0.1) is 0 Å². The molecule has 1 heteroatoms. The molecule has 0 aromatic heterocycles. The molecule has 0 bridgehead atoms. The van der Waals surface area contributed by atoms with Crippen molar-refractivity contribution in [3.05, 3.63) is 0 Å². The van der Waals surface area contributed by atoms with Crippen LogP contribution in [0.3, 0.4) is 0 Å². The van der Waals surface area contributed by atoms with Crippen molar-refractivity contribution in [1.82, 2.24) is 0 Å². The summed E-state index contributed by atoms with van der Waals surface area (Å²) in [5.74, 6) is 3.23. The van der Waals surface area contributed by atoms with E-state index in [9.17, 15) is 0 Å².